The van der Waals surface area contributed by atoms with Crippen LogP contribution in [0.25, 0.3) is 0 Å². The lowest BCUT2D eigenvalue weighted by Gasteiger charge is -2.32. The van der Waals surface area contributed by atoms with Crippen LogP contribution in [0.2, 0.25) is 0 Å². The molecule has 0 bridgehead atoms. The van der Waals surface area contributed by atoms with Crippen molar-refractivity contribution in [2.24, 2.45) is 11.7 Å². The van der Waals surface area contributed by atoms with E-state index in [1.807, 2.05) is 6.92 Å². The van der Waals surface area contributed by atoms with Crippen molar-refractivity contribution in [3.8, 4) is 0 Å². The molecular formula is C15H27N3O. The summed E-state index contributed by atoms with van der Waals surface area (Å²) in [5, 5.41) is 0. The molecule has 1 fully saturated rings. The lowest BCUT2D eigenvalue weighted by atomic mass is 9.96. The van der Waals surface area contributed by atoms with Crippen molar-refractivity contribution in [1.82, 2.24) is 9.80 Å². The van der Waals surface area contributed by atoms with Crippen LogP contribution in [0.3, 0.4) is 0 Å². The Kier molecular flexibility index (Phi) is 5.02. The van der Waals surface area contributed by atoms with Crippen LogP contribution in [0.1, 0.15) is 29.9 Å². The topological polar surface area (TPSA) is 45.6 Å². The Hall–Kier alpha value is -0.840. The van der Waals surface area contributed by atoms with E-state index in [4.69, 9.17) is 10.2 Å². The van der Waals surface area contributed by atoms with Gasteiger partial charge in [-0.2, -0.15) is 0 Å². The molecule has 0 aromatic carbocycles. The highest BCUT2D eigenvalue weighted by Crippen LogP contribution is 2.21. The highest BCUT2D eigenvalue weighted by Gasteiger charge is 2.20. The van der Waals surface area contributed by atoms with Gasteiger partial charge in [-0.1, -0.05) is 0 Å². The molecular weight excluding hydrogens is 238 g/mol. The molecule has 1 aliphatic rings. The first kappa shape index (κ1) is 14.6. The minimum atomic E-state index is 0.570. The average molecular weight is 265 g/mol. The van der Waals surface area contributed by atoms with E-state index in [1.165, 1.54) is 32.5 Å². The third-order valence-electron chi connectivity index (χ3n) is 4.00. The van der Waals surface area contributed by atoms with Crippen LogP contribution in [-0.2, 0) is 13.1 Å². The van der Waals surface area contributed by atoms with E-state index in [-0.39, 0.29) is 0 Å². The van der Waals surface area contributed by atoms with Gasteiger partial charge in [0.25, 0.3) is 0 Å². The number of furan rings is 1. The fourth-order valence-electron chi connectivity index (χ4n) is 2.93. The summed E-state index contributed by atoms with van der Waals surface area (Å²) in [6, 6.07) is 2.11. The minimum absolute atomic E-state index is 0.570. The van der Waals surface area contributed by atoms with Crippen LogP contribution in [0.5, 0.6) is 0 Å². The van der Waals surface area contributed by atoms with E-state index in [0.717, 1.165) is 29.5 Å². The molecule has 2 N–H and O–H groups in total. The number of hydrogen-bond acceptors (Lipinski definition) is 4. The first-order valence-electron chi connectivity index (χ1n) is 7.24. The number of likely N-dealkylation sites (tertiary alicyclic amines) is 1. The Bertz CT molecular complexity index is 392. The Morgan fingerprint density at radius 1 is 1.37 bits per heavy atom. The minimum Gasteiger partial charge on any atom is -0.465 e. The molecule has 0 radical (unpaired) electrons. The predicted molar refractivity (Wildman–Crippen MR) is 77.9 cm³/mol. The molecule has 0 atom stereocenters. The summed E-state index contributed by atoms with van der Waals surface area (Å²) in [7, 11) is 4.32. The summed E-state index contributed by atoms with van der Waals surface area (Å²) in [6.07, 6.45) is 2.59. The van der Waals surface area contributed by atoms with E-state index in [0.29, 0.717) is 6.54 Å². The standard InChI is InChI=1S/C15H27N3O/c1-12-14(9-16)8-15(19-12)11-18-6-4-13(5-7-18)10-17(2)3/h8,13H,4-7,9-11,16H2,1-3H3. The average Bonchev–Trinajstić information content (AvgIpc) is 2.71. The lowest BCUT2D eigenvalue weighted by Crippen LogP contribution is -2.36. The summed E-state index contributed by atoms with van der Waals surface area (Å²) >= 11 is 0. The van der Waals surface area contributed by atoms with Crippen LogP contribution in [0.15, 0.2) is 10.5 Å². The van der Waals surface area contributed by atoms with Crippen molar-refractivity contribution in [1.29, 1.82) is 0 Å². The summed E-state index contributed by atoms with van der Waals surface area (Å²) in [6.45, 7) is 7.06. The zero-order valence-corrected chi connectivity index (χ0v) is 12.5. The van der Waals surface area contributed by atoms with Crippen molar-refractivity contribution >= 4 is 0 Å². The van der Waals surface area contributed by atoms with Gasteiger partial charge < -0.3 is 15.1 Å². The molecule has 0 amide bonds. The molecule has 2 rings (SSSR count). The van der Waals surface area contributed by atoms with Gasteiger partial charge in [-0.15, -0.1) is 0 Å². The molecule has 1 aliphatic heterocycles. The molecule has 1 aromatic rings. The SMILES string of the molecule is Cc1oc(CN2CCC(CN(C)C)CC2)cc1CN. The van der Waals surface area contributed by atoms with E-state index < -0.39 is 0 Å². The molecule has 0 spiro atoms. The molecule has 4 heteroatoms. The maximum atomic E-state index is 5.77. The van der Waals surface area contributed by atoms with Crippen molar-refractivity contribution in [3.05, 3.63) is 23.2 Å². The third kappa shape index (κ3) is 4.06. The normalized spacial score (nSPS) is 18.4. The fourth-order valence-corrected chi connectivity index (χ4v) is 2.93. The van der Waals surface area contributed by atoms with E-state index >= 15 is 0 Å². The smallest absolute Gasteiger partial charge is 0.118 e. The van der Waals surface area contributed by atoms with E-state index in [2.05, 4.69) is 30.0 Å². The van der Waals surface area contributed by atoms with Gasteiger partial charge in [0.15, 0.2) is 0 Å². The molecule has 4 nitrogen and oxygen atoms in total. The van der Waals surface area contributed by atoms with Gasteiger partial charge in [0.05, 0.1) is 6.54 Å². The van der Waals surface area contributed by atoms with Crippen LogP contribution in [0, 0.1) is 12.8 Å². The van der Waals surface area contributed by atoms with Gasteiger partial charge in [0.2, 0.25) is 0 Å². The molecule has 1 aromatic heterocycles. The van der Waals surface area contributed by atoms with Gasteiger partial charge in [-0.25, -0.2) is 0 Å². The Morgan fingerprint density at radius 3 is 2.58 bits per heavy atom. The van der Waals surface area contributed by atoms with Gasteiger partial charge in [-0.05, 0) is 58.9 Å². The molecule has 108 valence electrons. The second kappa shape index (κ2) is 6.55. The summed E-state index contributed by atoms with van der Waals surface area (Å²) in [4.78, 5) is 4.79. The van der Waals surface area contributed by atoms with E-state index in [9.17, 15) is 0 Å². The summed E-state index contributed by atoms with van der Waals surface area (Å²) in [5.74, 6) is 2.88. The molecule has 0 aliphatic carbocycles. The largest absolute Gasteiger partial charge is 0.465 e. The van der Waals surface area contributed by atoms with Gasteiger partial charge >= 0.3 is 0 Å². The second-order valence-electron chi connectivity index (χ2n) is 5.98. The Balaban J connectivity index is 1.81. The Labute approximate surface area is 116 Å². The first-order chi connectivity index (χ1) is 9.08. The molecule has 1 saturated heterocycles. The highest BCUT2D eigenvalue weighted by molar-refractivity contribution is 5.20. The van der Waals surface area contributed by atoms with Gasteiger partial charge in [0, 0.05) is 18.7 Å². The summed E-state index contributed by atoms with van der Waals surface area (Å²) in [5.41, 5.74) is 6.82. The van der Waals surface area contributed by atoms with Crippen molar-refractivity contribution in [2.75, 3.05) is 33.7 Å². The van der Waals surface area contributed by atoms with Crippen LogP contribution >= 0.6 is 0 Å². The second-order valence-corrected chi connectivity index (χ2v) is 5.98. The number of nitrogens with zero attached hydrogens (tertiary/aromatic N) is 2. The first-order valence-corrected chi connectivity index (χ1v) is 7.24. The van der Waals surface area contributed by atoms with Crippen molar-refractivity contribution in [3.63, 3.8) is 0 Å². The zero-order valence-electron chi connectivity index (χ0n) is 12.5. The Morgan fingerprint density at radius 2 is 2.05 bits per heavy atom. The summed E-state index contributed by atoms with van der Waals surface area (Å²) < 4.78 is 5.77. The quantitative estimate of drug-likeness (QED) is 0.882. The fraction of sp³-hybridized carbons (Fsp3) is 0.733. The molecule has 19 heavy (non-hydrogen) atoms. The number of hydrogen-bond donors (Lipinski definition) is 1. The zero-order chi connectivity index (χ0) is 13.8. The maximum absolute atomic E-state index is 5.77. The highest BCUT2D eigenvalue weighted by atomic mass is 16.3. The monoisotopic (exact) mass is 265 g/mol. The van der Waals surface area contributed by atoms with Crippen LogP contribution in [0.4, 0.5) is 0 Å². The number of aryl methyl sites for hydroxylation is 1. The van der Waals surface area contributed by atoms with Gasteiger partial charge in [0.1, 0.15) is 11.5 Å². The van der Waals surface area contributed by atoms with Crippen molar-refractivity contribution < 1.29 is 4.42 Å². The number of nitrogens with two attached hydrogens (primary N) is 1. The van der Waals surface area contributed by atoms with Crippen molar-refractivity contribution in [2.45, 2.75) is 32.9 Å². The van der Waals surface area contributed by atoms with E-state index in [1.54, 1.807) is 0 Å². The third-order valence-corrected chi connectivity index (χ3v) is 4.00. The molecule has 0 unspecified atom stereocenters. The number of rotatable bonds is 5. The predicted octanol–water partition coefficient (Wildman–Crippen LogP) is 1.82. The number of piperidine rings is 1. The molecule has 2 heterocycles. The maximum Gasteiger partial charge on any atom is 0.118 e. The van der Waals surface area contributed by atoms with Crippen LogP contribution in [-0.4, -0.2) is 43.5 Å². The lowest BCUT2D eigenvalue weighted by molar-refractivity contribution is 0.148. The molecule has 0 saturated carbocycles. The van der Waals surface area contributed by atoms with Gasteiger partial charge in [-0.3, -0.25) is 4.90 Å². The van der Waals surface area contributed by atoms with Crippen LogP contribution < -0.4 is 5.73 Å².